The van der Waals surface area contributed by atoms with Gasteiger partial charge in [-0.15, -0.1) is 0 Å². The van der Waals surface area contributed by atoms with Crippen molar-refractivity contribution in [2.75, 3.05) is 6.54 Å². The molecule has 4 rings (SSSR count). The van der Waals surface area contributed by atoms with Crippen LogP contribution in [0.4, 0.5) is 0 Å². The van der Waals surface area contributed by atoms with Gasteiger partial charge in [-0.3, -0.25) is 9.59 Å². The van der Waals surface area contributed by atoms with Gasteiger partial charge in [0.2, 0.25) is 5.91 Å². The lowest BCUT2D eigenvalue weighted by Crippen LogP contribution is -2.38. The number of hydrogen-bond donors (Lipinski definition) is 1. The molecule has 0 saturated heterocycles. The molecule has 4 aliphatic carbocycles. The second-order valence-corrected chi connectivity index (χ2v) is 5.92. The molecule has 0 heterocycles. The summed E-state index contributed by atoms with van der Waals surface area (Å²) < 4.78 is 5.73. The maximum atomic E-state index is 11.9. The summed E-state index contributed by atoms with van der Waals surface area (Å²) in [6.07, 6.45) is 7.98. The molecule has 4 heteroatoms. The highest BCUT2D eigenvalue weighted by Crippen LogP contribution is 2.57. The molecule has 3 unspecified atom stereocenters. The Balaban J connectivity index is 1.50. The standard InChI is InChI=1S/C15H19NO3/c1-2-13(17)16-4-3-14(18)19-15-7-10-5-11(8-15)12(6-10)9-15/h2,5,10,12H,1,3-4,6-9H2,(H,16,17). The molecule has 0 aromatic rings. The smallest absolute Gasteiger partial charge is 0.308 e. The van der Waals surface area contributed by atoms with E-state index in [-0.39, 0.29) is 23.9 Å². The van der Waals surface area contributed by atoms with Crippen molar-refractivity contribution in [3.8, 4) is 0 Å². The highest BCUT2D eigenvalue weighted by molar-refractivity contribution is 5.87. The molecule has 4 nitrogen and oxygen atoms in total. The van der Waals surface area contributed by atoms with E-state index in [1.807, 2.05) is 0 Å². The van der Waals surface area contributed by atoms with E-state index >= 15 is 0 Å². The zero-order valence-corrected chi connectivity index (χ0v) is 11.0. The quantitative estimate of drug-likeness (QED) is 0.466. The molecule has 0 aromatic heterocycles. The molecule has 2 fully saturated rings. The average molecular weight is 261 g/mol. The third-order valence-corrected chi connectivity index (χ3v) is 4.48. The van der Waals surface area contributed by atoms with Gasteiger partial charge in [0.05, 0.1) is 6.42 Å². The second-order valence-electron chi connectivity index (χ2n) is 5.92. The molecular weight excluding hydrogens is 242 g/mol. The van der Waals surface area contributed by atoms with E-state index in [1.54, 1.807) is 0 Å². The zero-order valence-electron chi connectivity index (χ0n) is 11.0. The lowest BCUT2D eigenvalue weighted by molar-refractivity contribution is -0.162. The number of rotatable bonds is 5. The molecule has 0 aliphatic heterocycles. The number of allylic oxidation sites excluding steroid dienone is 1. The van der Waals surface area contributed by atoms with E-state index < -0.39 is 0 Å². The first-order valence-corrected chi connectivity index (χ1v) is 6.93. The summed E-state index contributed by atoms with van der Waals surface area (Å²) in [5, 5.41) is 2.59. The molecule has 102 valence electrons. The van der Waals surface area contributed by atoms with Crippen molar-refractivity contribution < 1.29 is 14.3 Å². The van der Waals surface area contributed by atoms with E-state index in [9.17, 15) is 9.59 Å². The Morgan fingerprint density at radius 1 is 1.53 bits per heavy atom. The summed E-state index contributed by atoms with van der Waals surface area (Å²) in [6, 6.07) is 0. The minimum Gasteiger partial charge on any atom is -0.459 e. The molecule has 1 N–H and O–H groups in total. The van der Waals surface area contributed by atoms with Crippen LogP contribution in [0.3, 0.4) is 0 Å². The summed E-state index contributed by atoms with van der Waals surface area (Å²) in [5.74, 6) is 0.825. The fraction of sp³-hybridized carbons (Fsp3) is 0.600. The van der Waals surface area contributed by atoms with Gasteiger partial charge < -0.3 is 10.1 Å². The third-order valence-electron chi connectivity index (χ3n) is 4.48. The van der Waals surface area contributed by atoms with Crippen molar-refractivity contribution in [2.24, 2.45) is 11.8 Å². The topological polar surface area (TPSA) is 55.4 Å². The van der Waals surface area contributed by atoms with Crippen molar-refractivity contribution in [2.45, 2.75) is 37.7 Å². The van der Waals surface area contributed by atoms with Crippen LogP contribution in [0.2, 0.25) is 0 Å². The number of nitrogens with one attached hydrogen (secondary N) is 1. The molecular formula is C15H19NO3. The average Bonchev–Trinajstić information content (AvgIpc) is 2.76. The van der Waals surface area contributed by atoms with E-state index in [4.69, 9.17) is 4.74 Å². The van der Waals surface area contributed by atoms with Crippen LogP contribution in [0, 0.1) is 11.8 Å². The predicted molar refractivity (Wildman–Crippen MR) is 70.2 cm³/mol. The summed E-state index contributed by atoms with van der Waals surface area (Å²) >= 11 is 0. The largest absolute Gasteiger partial charge is 0.459 e. The first kappa shape index (κ1) is 12.5. The fourth-order valence-electron chi connectivity index (χ4n) is 3.88. The van der Waals surface area contributed by atoms with Gasteiger partial charge in [0, 0.05) is 13.0 Å². The van der Waals surface area contributed by atoms with E-state index in [2.05, 4.69) is 18.0 Å². The highest BCUT2D eigenvalue weighted by atomic mass is 16.6. The van der Waals surface area contributed by atoms with E-state index in [0.717, 1.165) is 19.3 Å². The Kier molecular flexibility index (Phi) is 2.96. The molecule has 4 bridgehead atoms. The number of carbonyl (C=O) groups is 2. The number of amides is 1. The predicted octanol–water partition coefficient (Wildman–Crippen LogP) is 1.72. The van der Waals surface area contributed by atoms with Crippen molar-refractivity contribution in [1.82, 2.24) is 5.32 Å². The molecule has 0 spiro atoms. The lowest BCUT2D eigenvalue weighted by Gasteiger charge is -2.36. The van der Waals surface area contributed by atoms with Crippen LogP contribution in [0.25, 0.3) is 0 Å². The molecule has 1 amide bonds. The lowest BCUT2D eigenvalue weighted by atomic mass is 9.80. The van der Waals surface area contributed by atoms with Crippen LogP contribution in [0.15, 0.2) is 24.3 Å². The minimum absolute atomic E-state index is 0.202. The Morgan fingerprint density at radius 2 is 2.37 bits per heavy atom. The van der Waals surface area contributed by atoms with Gasteiger partial charge in [0.25, 0.3) is 0 Å². The number of esters is 1. The van der Waals surface area contributed by atoms with Crippen LogP contribution in [0.5, 0.6) is 0 Å². The highest BCUT2D eigenvalue weighted by Gasteiger charge is 2.53. The van der Waals surface area contributed by atoms with Gasteiger partial charge in [-0.25, -0.2) is 0 Å². The number of ether oxygens (including phenoxy) is 1. The van der Waals surface area contributed by atoms with Crippen LogP contribution >= 0.6 is 0 Å². The van der Waals surface area contributed by atoms with Crippen molar-refractivity contribution in [3.05, 3.63) is 24.3 Å². The van der Waals surface area contributed by atoms with E-state index in [0.29, 0.717) is 18.4 Å². The Morgan fingerprint density at radius 3 is 3.05 bits per heavy atom. The van der Waals surface area contributed by atoms with Crippen LogP contribution in [0.1, 0.15) is 32.1 Å². The Bertz CT molecular complexity index is 464. The molecule has 2 saturated carbocycles. The van der Waals surface area contributed by atoms with Crippen molar-refractivity contribution in [3.63, 3.8) is 0 Å². The summed E-state index contributed by atoms with van der Waals surface area (Å²) in [5.41, 5.74) is 1.28. The van der Waals surface area contributed by atoms with Crippen LogP contribution in [-0.4, -0.2) is 24.0 Å². The molecule has 4 aliphatic rings. The van der Waals surface area contributed by atoms with E-state index in [1.165, 1.54) is 18.1 Å². The first-order valence-electron chi connectivity index (χ1n) is 6.93. The molecule has 19 heavy (non-hydrogen) atoms. The molecule has 0 aromatic carbocycles. The monoisotopic (exact) mass is 261 g/mol. The van der Waals surface area contributed by atoms with Gasteiger partial charge in [-0.05, 0) is 37.2 Å². The summed E-state index contributed by atoms with van der Waals surface area (Å²) in [7, 11) is 0. The van der Waals surface area contributed by atoms with Crippen molar-refractivity contribution in [1.29, 1.82) is 0 Å². The van der Waals surface area contributed by atoms with Crippen molar-refractivity contribution >= 4 is 11.9 Å². The second kappa shape index (κ2) is 4.51. The maximum absolute atomic E-state index is 11.9. The zero-order chi connectivity index (χ0) is 13.5. The summed E-state index contributed by atoms with van der Waals surface area (Å²) in [6.45, 7) is 3.68. The van der Waals surface area contributed by atoms with Gasteiger partial charge >= 0.3 is 5.97 Å². The third kappa shape index (κ3) is 2.31. The number of carbonyl (C=O) groups excluding carboxylic acids is 2. The number of hydrogen-bond acceptors (Lipinski definition) is 3. The summed E-state index contributed by atoms with van der Waals surface area (Å²) in [4.78, 5) is 22.8. The Hall–Kier alpha value is -1.58. The van der Waals surface area contributed by atoms with Gasteiger partial charge in [0.15, 0.2) is 0 Å². The maximum Gasteiger partial charge on any atom is 0.308 e. The van der Waals surface area contributed by atoms with Gasteiger partial charge in [-0.1, -0.05) is 18.2 Å². The SMILES string of the molecule is C=CC(=O)NCCC(=O)OC12CC3=CC(CC3C1)C2. The van der Waals surface area contributed by atoms with Gasteiger partial charge in [0.1, 0.15) is 5.60 Å². The van der Waals surface area contributed by atoms with Crippen LogP contribution in [-0.2, 0) is 14.3 Å². The molecule has 3 atom stereocenters. The van der Waals surface area contributed by atoms with Gasteiger partial charge in [-0.2, -0.15) is 0 Å². The van der Waals surface area contributed by atoms with Crippen LogP contribution < -0.4 is 5.32 Å². The Labute approximate surface area is 112 Å². The minimum atomic E-state index is -0.254. The fourth-order valence-corrected chi connectivity index (χ4v) is 3.88. The normalized spacial score (nSPS) is 34.0. The molecule has 0 radical (unpaired) electrons. The first-order chi connectivity index (χ1) is 9.10.